The van der Waals surface area contributed by atoms with Gasteiger partial charge in [0, 0.05) is 0 Å². The Morgan fingerprint density at radius 2 is 1.82 bits per heavy atom. The highest BCUT2D eigenvalue weighted by molar-refractivity contribution is 4.65. The van der Waals surface area contributed by atoms with E-state index in [-0.39, 0.29) is 27.1 Å². The molecule has 3 heteroatoms. The van der Waals surface area contributed by atoms with Gasteiger partial charge in [-0.15, -0.1) is 6.58 Å². The lowest BCUT2D eigenvalue weighted by Crippen LogP contribution is -2.24. The van der Waals surface area contributed by atoms with Crippen LogP contribution >= 0.6 is 0 Å². The van der Waals surface area contributed by atoms with Gasteiger partial charge >= 0.3 is 0 Å². The molecule has 106 valence electrons. The molecule has 0 heterocycles. The van der Waals surface area contributed by atoms with Gasteiger partial charge in [-0.2, -0.15) is 0 Å². The zero-order valence-electron chi connectivity index (χ0n) is 9.95. The average molecular weight is 248 g/mol. The van der Waals surface area contributed by atoms with Crippen molar-refractivity contribution >= 4 is 0 Å². The Bertz CT molecular complexity index is 148. The van der Waals surface area contributed by atoms with E-state index in [2.05, 4.69) is 13.5 Å². The standard InChI is InChI=1S/C12H24O3.2CH4/c1-4-7-8-14-10-12(6-3)15-9-11(13)5-2;;/h4,11-13H,1,5-10H2,2-3H3;2*1H4. The molecule has 0 aromatic heterocycles. The monoisotopic (exact) mass is 248 g/mol. The maximum Gasteiger partial charge on any atom is 0.0807 e. The molecule has 0 fully saturated rings. The van der Waals surface area contributed by atoms with Gasteiger partial charge in [-0.25, -0.2) is 0 Å². The second-order valence-corrected chi connectivity index (χ2v) is 3.58. The van der Waals surface area contributed by atoms with Crippen LogP contribution in [0.1, 0.15) is 48.0 Å². The van der Waals surface area contributed by atoms with E-state index in [1.54, 1.807) is 0 Å². The minimum atomic E-state index is -0.354. The fraction of sp³-hybridized carbons (Fsp3) is 0.857. The first-order valence-electron chi connectivity index (χ1n) is 5.72. The van der Waals surface area contributed by atoms with E-state index in [9.17, 15) is 5.11 Å². The Morgan fingerprint density at radius 3 is 2.29 bits per heavy atom. The normalized spacial score (nSPS) is 13.1. The molecule has 0 amide bonds. The predicted octanol–water partition coefficient (Wildman–Crippen LogP) is 3.42. The summed E-state index contributed by atoms with van der Waals surface area (Å²) in [4.78, 5) is 0. The molecule has 0 bridgehead atoms. The van der Waals surface area contributed by atoms with E-state index in [1.807, 2.05) is 13.0 Å². The molecular weight excluding hydrogens is 216 g/mol. The van der Waals surface area contributed by atoms with Gasteiger partial charge in [0.2, 0.25) is 0 Å². The fourth-order valence-corrected chi connectivity index (χ4v) is 1.03. The first kappa shape index (κ1) is 21.9. The van der Waals surface area contributed by atoms with E-state index in [4.69, 9.17) is 9.47 Å². The zero-order valence-corrected chi connectivity index (χ0v) is 9.95. The Balaban J connectivity index is -0.000000980. The van der Waals surface area contributed by atoms with E-state index in [1.165, 1.54) is 0 Å². The summed E-state index contributed by atoms with van der Waals surface area (Å²) in [5.41, 5.74) is 0. The summed E-state index contributed by atoms with van der Waals surface area (Å²) in [6, 6.07) is 0. The van der Waals surface area contributed by atoms with Gasteiger partial charge in [-0.3, -0.25) is 0 Å². The van der Waals surface area contributed by atoms with E-state index in [0.29, 0.717) is 19.8 Å². The Kier molecular flexibility index (Phi) is 20.1. The molecule has 0 aromatic carbocycles. The van der Waals surface area contributed by atoms with Crippen LogP contribution in [0.25, 0.3) is 0 Å². The Hall–Kier alpha value is -0.380. The van der Waals surface area contributed by atoms with Crippen LogP contribution in [0.4, 0.5) is 0 Å². The van der Waals surface area contributed by atoms with Crippen LogP contribution in [0.2, 0.25) is 0 Å². The first-order chi connectivity index (χ1) is 7.24. The van der Waals surface area contributed by atoms with Gasteiger partial charge in [0.15, 0.2) is 0 Å². The van der Waals surface area contributed by atoms with Crippen molar-refractivity contribution in [1.29, 1.82) is 0 Å². The summed E-state index contributed by atoms with van der Waals surface area (Å²) >= 11 is 0. The van der Waals surface area contributed by atoms with Gasteiger partial charge in [-0.1, -0.05) is 34.8 Å². The largest absolute Gasteiger partial charge is 0.391 e. The lowest BCUT2D eigenvalue weighted by atomic mass is 10.2. The van der Waals surface area contributed by atoms with Crippen LogP contribution in [-0.4, -0.2) is 37.1 Å². The molecule has 1 N–H and O–H groups in total. The van der Waals surface area contributed by atoms with E-state index in [0.717, 1.165) is 19.3 Å². The highest BCUT2D eigenvalue weighted by Crippen LogP contribution is 2.02. The van der Waals surface area contributed by atoms with Crippen molar-refractivity contribution in [3.05, 3.63) is 12.7 Å². The van der Waals surface area contributed by atoms with Crippen molar-refractivity contribution in [2.24, 2.45) is 0 Å². The summed E-state index contributed by atoms with van der Waals surface area (Å²) in [5, 5.41) is 9.33. The Morgan fingerprint density at radius 1 is 1.18 bits per heavy atom. The lowest BCUT2D eigenvalue weighted by molar-refractivity contribution is -0.0497. The molecule has 0 saturated heterocycles. The number of hydrogen-bond acceptors (Lipinski definition) is 3. The van der Waals surface area contributed by atoms with Crippen LogP contribution in [0, 0.1) is 0 Å². The fourth-order valence-electron chi connectivity index (χ4n) is 1.03. The summed E-state index contributed by atoms with van der Waals surface area (Å²) in [6.45, 7) is 9.31. The smallest absolute Gasteiger partial charge is 0.0807 e. The third kappa shape index (κ3) is 13.6. The number of hydrogen-bond donors (Lipinski definition) is 1. The molecule has 17 heavy (non-hydrogen) atoms. The van der Waals surface area contributed by atoms with E-state index >= 15 is 0 Å². The zero-order chi connectivity index (χ0) is 11.5. The summed E-state index contributed by atoms with van der Waals surface area (Å²) in [7, 11) is 0. The van der Waals surface area contributed by atoms with Crippen molar-refractivity contribution in [3.63, 3.8) is 0 Å². The van der Waals surface area contributed by atoms with Crippen molar-refractivity contribution < 1.29 is 14.6 Å². The van der Waals surface area contributed by atoms with Crippen LogP contribution in [0.15, 0.2) is 12.7 Å². The van der Waals surface area contributed by atoms with Crippen molar-refractivity contribution in [3.8, 4) is 0 Å². The van der Waals surface area contributed by atoms with Gasteiger partial charge in [0.05, 0.1) is 32.0 Å². The van der Waals surface area contributed by atoms with Crippen molar-refractivity contribution in [1.82, 2.24) is 0 Å². The number of ether oxygens (including phenoxy) is 2. The molecule has 2 atom stereocenters. The van der Waals surface area contributed by atoms with Gasteiger partial charge < -0.3 is 14.6 Å². The minimum absolute atomic E-state index is 0. The molecular formula is C14H32O3. The van der Waals surface area contributed by atoms with Crippen LogP contribution in [0.3, 0.4) is 0 Å². The first-order valence-corrected chi connectivity index (χ1v) is 5.72. The van der Waals surface area contributed by atoms with E-state index < -0.39 is 0 Å². The molecule has 0 saturated carbocycles. The molecule has 0 aromatic rings. The van der Waals surface area contributed by atoms with Crippen LogP contribution in [0.5, 0.6) is 0 Å². The molecule has 0 aliphatic carbocycles. The third-order valence-electron chi connectivity index (χ3n) is 2.22. The molecule has 3 nitrogen and oxygen atoms in total. The summed E-state index contributed by atoms with van der Waals surface area (Å²) in [6.07, 6.45) is 4.08. The van der Waals surface area contributed by atoms with Gasteiger partial charge in [0.1, 0.15) is 0 Å². The minimum Gasteiger partial charge on any atom is -0.391 e. The van der Waals surface area contributed by atoms with Crippen LogP contribution < -0.4 is 0 Å². The second-order valence-electron chi connectivity index (χ2n) is 3.58. The molecule has 0 spiro atoms. The maximum absolute atomic E-state index is 9.33. The topological polar surface area (TPSA) is 38.7 Å². The summed E-state index contributed by atoms with van der Waals surface area (Å²) in [5.74, 6) is 0. The average Bonchev–Trinajstić information content (AvgIpc) is 2.27. The Labute approximate surface area is 108 Å². The number of aliphatic hydroxyl groups is 1. The van der Waals surface area contributed by atoms with Gasteiger partial charge in [0.25, 0.3) is 0 Å². The predicted molar refractivity (Wildman–Crippen MR) is 75.4 cm³/mol. The van der Waals surface area contributed by atoms with Crippen molar-refractivity contribution in [2.45, 2.75) is 60.2 Å². The maximum atomic E-state index is 9.33. The molecule has 2 unspecified atom stereocenters. The second kappa shape index (κ2) is 15.6. The highest BCUT2D eigenvalue weighted by atomic mass is 16.5. The number of aliphatic hydroxyl groups excluding tert-OH is 1. The lowest BCUT2D eigenvalue weighted by Gasteiger charge is -2.18. The SMILES string of the molecule is C.C.C=CCCOCC(CC)OCC(O)CC. The van der Waals surface area contributed by atoms with Gasteiger partial charge in [-0.05, 0) is 19.3 Å². The summed E-state index contributed by atoms with van der Waals surface area (Å²) < 4.78 is 10.9. The quantitative estimate of drug-likeness (QED) is 0.475. The molecule has 0 aliphatic heterocycles. The van der Waals surface area contributed by atoms with Crippen molar-refractivity contribution in [2.75, 3.05) is 19.8 Å². The third-order valence-corrected chi connectivity index (χ3v) is 2.22. The highest BCUT2D eigenvalue weighted by Gasteiger charge is 2.09. The number of rotatable bonds is 10. The molecule has 0 rings (SSSR count). The van der Waals surface area contributed by atoms with Crippen LogP contribution in [-0.2, 0) is 9.47 Å². The molecule has 0 aliphatic rings. The molecule has 0 radical (unpaired) electrons.